The maximum atomic E-state index is 14.3. The number of anilines is 1. The summed E-state index contributed by atoms with van der Waals surface area (Å²) in [5.41, 5.74) is 1.69. The molecule has 1 aromatic carbocycles. The highest BCUT2D eigenvalue weighted by Gasteiger charge is 2.49. The van der Waals surface area contributed by atoms with Crippen LogP contribution in [0.2, 0.25) is 0 Å². The van der Waals surface area contributed by atoms with E-state index in [1.54, 1.807) is 6.07 Å². The van der Waals surface area contributed by atoms with E-state index in [2.05, 4.69) is 21.8 Å². The van der Waals surface area contributed by atoms with Crippen molar-refractivity contribution in [2.75, 3.05) is 11.3 Å². The molecule has 0 atom stereocenters. The lowest BCUT2D eigenvalue weighted by molar-refractivity contribution is -0.131. The highest BCUT2D eigenvalue weighted by molar-refractivity contribution is 7.92. The smallest absolute Gasteiger partial charge is 0.265 e. The highest BCUT2D eigenvalue weighted by Crippen LogP contribution is 2.40. The summed E-state index contributed by atoms with van der Waals surface area (Å²) >= 11 is 0. The fourth-order valence-electron chi connectivity index (χ4n) is 5.60. The van der Waals surface area contributed by atoms with Crippen LogP contribution >= 0.6 is 0 Å². The van der Waals surface area contributed by atoms with E-state index < -0.39 is 27.2 Å². The van der Waals surface area contributed by atoms with Crippen molar-refractivity contribution in [1.29, 1.82) is 0 Å². The number of unbranched alkanes of at least 4 members (excludes halogenated alkanes) is 1. The molecule has 1 N–H and O–H groups in total. The zero-order valence-electron chi connectivity index (χ0n) is 24.2. The maximum Gasteiger partial charge on any atom is 0.265 e. The number of rotatable bonds is 12. The summed E-state index contributed by atoms with van der Waals surface area (Å²) in [6.07, 6.45) is 7.79. The molecule has 0 radical (unpaired) electrons. The van der Waals surface area contributed by atoms with E-state index in [9.17, 15) is 17.6 Å². The molecule has 1 spiro atoms. The number of nitrogens with one attached hydrogen (secondary N) is 1. The number of aliphatic imine (C=N–C) groups is 1. The van der Waals surface area contributed by atoms with Crippen LogP contribution in [0.1, 0.15) is 75.7 Å². The van der Waals surface area contributed by atoms with Gasteiger partial charge in [-0.15, -0.1) is 0 Å². The van der Waals surface area contributed by atoms with Crippen LogP contribution in [-0.2, 0) is 32.7 Å². The van der Waals surface area contributed by atoms with Gasteiger partial charge in [0, 0.05) is 24.8 Å². The zero-order chi connectivity index (χ0) is 29.9. The van der Waals surface area contributed by atoms with Gasteiger partial charge in [-0.3, -0.25) is 24.4 Å². The molecule has 1 fully saturated rings. The lowest BCUT2D eigenvalue weighted by Crippen LogP contribution is -2.40. The lowest BCUT2D eigenvalue weighted by Gasteiger charge is -2.23. The first-order valence-corrected chi connectivity index (χ1v) is 15.9. The molecule has 5 rings (SSSR count). The Bertz CT molecular complexity index is 1600. The van der Waals surface area contributed by atoms with Crippen LogP contribution in [-0.4, -0.2) is 47.3 Å². The average Bonchev–Trinajstić information content (AvgIpc) is 3.66. The molecule has 3 heterocycles. The Morgan fingerprint density at radius 1 is 1.19 bits per heavy atom. The van der Waals surface area contributed by atoms with E-state index in [-0.39, 0.29) is 28.9 Å². The number of benzene rings is 1. The Hall–Kier alpha value is -3.64. The first kappa shape index (κ1) is 29.8. The molecule has 1 aliphatic carbocycles. The number of amides is 1. The molecular formula is C30H36FN5O5S. The van der Waals surface area contributed by atoms with E-state index in [4.69, 9.17) is 14.3 Å². The second-order valence-electron chi connectivity index (χ2n) is 10.7. The first-order valence-electron chi connectivity index (χ1n) is 14.4. The molecule has 1 saturated carbocycles. The van der Waals surface area contributed by atoms with Crippen molar-refractivity contribution in [1.82, 2.24) is 15.0 Å². The number of nitrogens with zero attached hydrogens (tertiary/aromatic N) is 4. The van der Waals surface area contributed by atoms with Crippen molar-refractivity contribution in [3.63, 3.8) is 0 Å². The monoisotopic (exact) mass is 597 g/mol. The summed E-state index contributed by atoms with van der Waals surface area (Å²) in [5, 5.41) is 3.48. The molecule has 2 aromatic heterocycles. The molecular weight excluding hydrogens is 561 g/mol. The number of hydrogen-bond acceptors (Lipinski definition) is 8. The van der Waals surface area contributed by atoms with Gasteiger partial charge in [0.05, 0.1) is 18.8 Å². The molecule has 0 saturated heterocycles. The fourth-order valence-corrected chi connectivity index (χ4v) is 6.77. The van der Waals surface area contributed by atoms with Crippen molar-refractivity contribution < 1.29 is 26.9 Å². The number of pyridine rings is 1. The molecule has 0 bridgehead atoms. The number of ether oxygens (including phenoxy) is 1. The minimum atomic E-state index is -4.29. The van der Waals surface area contributed by atoms with Gasteiger partial charge < -0.3 is 9.26 Å². The van der Waals surface area contributed by atoms with Crippen molar-refractivity contribution in [3.05, 3.63) is 59.2 Å². The summed E-state index contributed by atoms with van der Waals surface area (Å²) in [6, 6.07) is 8.48. The summed E-state index contributed by atoms with van der Waals surface area (Å²) in [7, 11) is -4.29. The van der Waals surface area contributed by atoms with Crippen LogP contribution in [0.25, 0.3) is 11.3 Å². The number of halogens is 1. The van der Waals surface area contributed by atoms with Gasteiger partial charge in [0.2, 0.25) is 11.6 Å². The third kappa shape index (κ3) is 5.82. The molecule has 224 valence electrons. The maximum absolute atomic E-state index is 14.3. The molecule has 1 amide bonds. The van der Waals surface area contributed by atoms with Crippen LogP contribution in [0, 0.1) is 12.7 Å². The van der Waals surface area contributed by atoms with E-state index in [1.165, 1.54) is 25.3 Å². The Morgan fingerprint density at radius 2 is 1.98 bits per heavy atom. The topological polar surface area (TPSA) is 127 Å². The summed E-state index contributed by atoms with van der Waals surface area (Å²) in [4.78, 5) is 24.7. The zero-order valence-corrected chi connectivity index (χ0v) is 25.0. The number of aromatic nitrogens is 2. The van der Waals surface area contributed by atoms with Gasteiger partial charge in [-0.25, -0.2) is 8.42 Å². The molecule has 2 aliphatic rings. The van der Waals surface area contributed by atoms with Gasteiger partial charge >= 0.3 is 0 Å². The quantitative estimate of drug-likeness (QED) is 0.281. The van der Waals surface area contributed by atoms with Gasteiger partial charge in [-0.05, 0) is 56.4 Å². The molecule has 12 heteroatoms. The van der Waals surface area contributed by atoms with Crippen LogP contribution in [0.15, 0.2) is 50.9 Å². The van der Waals surface area contributed by atoms with E-state index in [1.807, 2.05) is 24.0 Å². The second-order valence-corrected chi connectivity index (χ2v) is 12.4. The molecule has 10 nitrogen and oxygen atoms in total. The molecule has 3 aromatic rings. The second kappa shape index (κ2) is 12.3. The summed E-state index contributed by atoms with van der Waals surface area (Å²) in [6.45, 7) is 6.36. The minimum absolute atomic E-state index is 0.0704. The van der Waals surface area contributed by atoms with Crippen LogP contribution in [0.3, 0.4) is 0 Å². The summed E-state index contributed by atoms with van der Waals surface area (Å²) < 4.78 is 53.7. The Kier molecular flexibility index (Phi) is 8.74. The van der Waals surface area contributed by atoms with E-state index in [0.29, 0.717) is 24.3 Å². The molecule has 1 aliphatic heterocycles. The van der Waals surface area contributed by atoms with Crippen LogP contribution in [0.5, 0.6) is 0 Å². The fraction of sp³-hybridized carbons (Fsp3) is 0.467. The third-order valence-corrected chi connectivity index (χ3v) is 9.16. The number of aryl methyl sites for hydroxylation is 1. The molecule has 42 heavy (non-hydrogen) atoms. The number of hydrogen-bond donors (Lipinski definition) is 1. The van der Waals surface area contributed by atoms with Crippen LogP contribution in [0.4, 0.5) is 10.2 Å². The highest BCUT2D eigenvalue weighted by atomic mass is 32.2. The van der Waals surface area contributed by atoms with Crippen LogP contribution < -0.4 is 4.72 Å². The predicted octanol–water partition coefficient (Wildman–Crippen LogP) is 5.77. The SMILES string of the molecule is CCCCC1=NC2(CCCC2)C(=O)N1Cc1ccc(-c2ncccc2S(=O)(=O)Nc2noc(C)c2F)c(COCC)c1. The first-order chi connectivity index (χ1) is 20.2. The average molecular weight is 598 g/mol. The van der Waals surface area contributed by atoms with E-state index in [0.717, 1.165) is 56.3 Å². The van der Waals surface area contributed by atoms with Crippen molar-refractivity contribution in [2.45, 2.75) is 89.3 Å². The van der Waals surface area contributed by atoms with Crippen molar-refractivity contribution in [3.8, 4) is 11.3 Å². The largest absolute Gasteiger partial charge is 0.377 e. The molecule has 0 unspecified atom stereocenters. The Labute approximate surface area is 245 Å². The number of sulfonamides is 1. The van der Waals surface area contributed by atoms with Gasteiger partial charge in [-0.1, -0.05) is 49.5 Å². The van der Waals surface area contributed by atoms with Gasteiger partial charge in [0.25, 0.3) is 15.9 Å². The number of carbonyl (C=O) groups is 1. The summed E-state index contributed by atoms with van der Waals surface area (Å²) in [5.74, 6) is -0.627. The van der Waals surface area contributed by atoms with Gasteiger partial charge in [0.15, 0.2) is 5.76 Å². The number of carbonyl (C=O) groups excluding carboxylic acids is 1. The van der Waals surface area contributed by atoms with Gasteiger partial charge in [0.1, 0.15) is 16.3 Å². The predicted molar refractivity (Wildman–Crippen MR) is 156 cm³/mol. The van der Waals surface area contributed by atoms with Gasteiger partial charge in [-0.2, -0.15) is 4.39 Å². The minimum Gasteiger partial charge on any atom is -0.377 e. The Morgan fingerprint density at radius 3 is 2.67 bits per heavy atom. The van der Waals surface area contributed by atoms with Crippen molar-refractivity contribution >= 4 is 27.6 Å². The number of amidine groups is 1. The van der Waals surface area contributed by atoms with Crippen molar-refractivity contribution in [2.24, 2.45) is 4.99 Å². The van der Waals surface area contributed by atoms with E-state index >= 15 is 0 Å². The normalized spacial score (nSPS) is 16.4. The third-order valence-electron chi connectivity index (χ3n) is 7.79. The standard InChI is InChI=1S/C30H36FN5O5S/c1-4-6-11-25-33-30(14-7-8-15-30)29(37)36(25)18-21-12-13-23(22(17-21)19-40-5-2)27-24(10-9-16-32-27)42(38,39)35-28-26(31)20(3)41-34-28/h9-10,12-13,16-17H,4-8,11,14-15,18-19H2,1-3H3,(H,34,35). The Balaban J connectivity index is 1.49. The lowest BCUT2D eigenvalue weighted by atomic mass is 9.97.